The molecule has 1 amide bonds. The Kier molecular flexibility index (Phi) is 7.46. The Morgan fingerprint density at radius 2 is 1.82 bits per heavy atom. The molecule has 0 bridgehead atoms. The van der Waals surface area contributed by atoms with Gasteiger partial charge in [-0.15, -0.1) is 0 Å². The maximum Gasteiger partial charge on any atom is 0.410 e. The monoisotopic (exact) mass is 535 g/mol. The van der Waals surface area contributed by atoms with Crippen LogP contribution in [0.25, 0.3) is 22.4 Å². The Morgan fingerprint density at radius 1 is 1.08 bits per heavy atom. The Balaban J connectivity index is 1.48. The first-order chi connectivity index (χ1) is 18.5. The van der Waals surface area contributed by atoms with E-state index in [1.165, 1.54) is 12.8 Å². The second-order valence-corrected chi connectivity index (χ2v) is 11.9. The standard InChI is InChI=1S/C30H41N5O4/c1-19-11-12-20(2)35(19)26-14-13-22(15-31-26)28-32-24-9-8-10-25(37-7)27(24)34(28)18-23-17-33(16-21(3)38-23)29(36)39-30(4,5)6/h8-10,13-15,19-21,23H,11-12,16-18H2,1-7H3/t19-,20-,21-,23-/m0/s1. The summed E-state index contributed by atoms with van der Waals surface area (Å²) in [7, 11) is 1.67. The number of fused-ring (bicyclic) bond motifs is 1. The van der Waals surface area contributed by atoms with Gasteiger partial charge in [0.2, 0.25) is 0 Å². The van der Waals surface area contributed by atoms with E-state index in [4.69, 9.17) is 24.2 Å². The van der Waals surface area contributed by atoms with Crippen LogP contribution in [0.5, 0.6) is 5.75 Å². The molecule has 3 aromatic rings. The number of hydrogen-bond donors (Lipinski definition) is 0. The molecule has 0 saturated carbocycles. The fraction of sp³-hybridized carbons (Fsp3) is 0.567. The second-order valence-electron chi connectivity index (χ2n) is 11.9. The van der Waals surface area contributed by atoms with Gasteiger partial charge in [-0.2, -0.15) is 0 Å². The van der Waals surface area contributed by atoms with Gasteiger partial charge in [-0.1, -0.05) is 6.07 Å². The molecular formula is C30H41N5O4. The average Bonchev–Trinajstić information content (AvgIpc) is 3.42. The molecule has 4 heterocycles. The highest BCUT2D eigenvalue weighted by Gasteiger charge is 2.33. The van der Waals surface area contributed by atoms with Crippen molar-refractivity contribution in [3.63, 3.8) is 0 Å². The number of aromatic nitrogens is 3. The maximum atomic E-state index is 12.9. The normalized spacial score (nSPS) is 23.9. The lowest BCUT2D eigenvalue weighted by Crippen LogP contribution is -2.51. The number of para-hydroxylation sites is 1. The van der Waals surface area contributed by atoms with Crippen molar-refractivity contribution in [2.75, 3.05) is 25.1 Å². The second kappa shape index (κ2) is 10.7. The van der Waals surface area contributed by atoms with Crippen LogP contribution in [0.2, 0.25) is 0 Å². The minimum absolute atomic E-state index is 0.123. The van der Waals surface area contributed by atoms with Gasteiger partial charge in [0.1, 0.15) is 28.5 Å². The number of hydrogen-bond acceptors (Lipinski definition) is 7. The van der Waals surface area contributed by atoms with Crippen molar-refractivity contribution in [1.29, 1.82) is 0 Å². The van der Waals surface area contributed by atoms with Crippen molar-refractivity contribution in [3.8, 4) is 17.1 Å². The number of nitrogens with zero attached hydrogens (tertiary/aromatic N) is 5. The van der Waals surface area contributed by atoms with Crippen molar-refractivity contribution >= 4 is 22.9 Å². The molecule has 2 aromatic heterocycles. The van der Waals surface area contributed by atoms with Crippen LogP contribution in [0.15, 0.2) is 36.5 Å². The number of rotatable bonds is 5. The predicted molar refractivity (Wildman–Crippen MR) is 152 cm³/mol. The van der Waals surface area contributed by atoms with Crippen LogP contribution in [0, 0.1) is 0 Å². The summed E-state index contributed by atoms with van der Waals surface area (Å²) in [4.78, 5) is 26.9. The van der Waals surface area contributed by atoms with Crippen molar-refractivity contribution in [2.45, 2.75) is 90.8 Å². The lowest BCUT2D eigenvalue weighted by atomic mass is 10.2. The number of ether oxygens (including phenoxy) is 3. The molecule has 0 unspecified atom stereocenters. The van der Waals surface area contributed by atoms with Crippen LogP contribution >= 0.6 is 0 Å². The van der Waals surface area contributed by atoms with Gasteiger partial charge in [0, 0.05) is 23.8 Å². The van der Waals surface area contributed by atoms with Gasteiger partial charge < -0.3 is 28.6 Å². The summed E-state index contributed by atoms with van der Waals surface area (Å²) >= 11 is 0. The van der Waals surface area contributed by atoms with E-state index in [0.717, 1.165) is 34.0 Å². The number of methoxy groups -OCH3 is 1. The smallest absolute Gasteiger partial charge is 0.410 e. The van der Waals surface area contributed by atoms with E-state index in [0.29, 0.717) is 31.7 Å². The molecule has 210 valence electrons. The molecule has 9 nitrogen and oxygen atoms in total. The molecule has 2 saturated heterocycles. The maximum absolute atomic E-state index is 12.9. The van der Waals surface area contributed by atoms with Crippen LogP contribution in [-0.2, 0) is 16.0 Å². The van der Waals surface area contributed by atoms with Crippen LogP contribution < -0.4 is 9.64 Å². The van der Waals surface area contributed by atoms with Crippen molar-refractivity contribution in [1.82, 2.24) is 19.4 Å². The zero-order valence-electron chi connectivity index (χ0n) is 24.2. The molecule has 2 aliphatic heterocycles. The van der Waals surface area contributed by atoms with Crippen molar-refractivity contribution in [3.05, 3.63) is 36.5 Å². The average molecular weight is 536 g/mol. The molecule has 0 aliphatic carbocycles. The quantitative estimate of drug-likeness (QED) is 0.426. The van der Waals surface area contributed by atoms with E-state index >= 15 is 0 Å². The van der Waals surface area contributed by atoms with E-state index < -0.39 is 5.60 Å². The Labute approximate surface area is 231 Å². The van der Waals surface area contributed by atoms with E-state index in [9.17, 15) is 4.79 Å². The van der Waals surface area contributed by atoms with Crippen LogP contribution in [-0.4, -0.2) is 75.6 Å². The number of benzene rings is 1. The third kappa shape index (κ3) is 5.69. The molecule has 4 atom stereocenters. The summed E-state index contributed by atoms with van der Waals surface area (Å²) in [5.74, 6) is 2.53. The lowest BCUT2D eigenvalue weighted by Gasteiger charge is -2.37. The topological polar surface area (TPSA) is 82.0 Å². The minimum atomic E-state index is -0.557. The van der Waals surface area contributed by atoms with Crippen molar-refractivity contribution in [2.24, 2.45) is 0 Å². The van der Waals surface area contributed by atoms with Gasteiger partial charge in [-0.25, -0.2) is 14.8 Å². The summed E-state index contributed by atoms with van der Waals surface area (Å²) < 4.78 is 19.9. The molecule has 1 aromatic carbocycles. The SMILES string of the molecule is COc1cccc2nc(-c3ccc(N4[C@@H](C)CC[C@@H]4C)nc3)n(C[C@@H]3CN(C(=O)OC(C)(C)C)C[C@H](C)O3)c12. The fourth-order valence-electron chi connectivity index (χ4n) is 5.86. The highest BCUT2D eigenvalue weighted by molar-refractivity contribution is 5.86. The molecule has 5 rings (SSSR count). The Hall–Kier alpha value is -3.33. The number of anilines is 1. The molecule has 2 aliphatic rings. The summed E-state index contributed by atoms with van der Waals surface area (Å²) in [6, 6.07) is 11.0. The molecule has 0 spiro atoms. The van der Waals surface area contributed by atoms with Gasteiger partial charge in [-0.05, 0) is 78.6 Å². The van der Waals surface area contributed by atoms with Gasteiger partial charge in [-0.3, -0.25) is 0 Å². The number of pyridine rings is 1. The van der Waals surface area contributed by atoms with Gasteiger partial charge in [0.25, 0.3) is 0 Å². The molecule has 2 fully saturated rings. The lowest BCUT2D eigenvalue weighted by molar-refractivity contribution is -0.0845. The highest BCUT2D eigenvalue weighted by atomic mass is 16.6. The number of amides is 1. The Morgan fingerprint density at radius 3 is 2.46 bits per heavy atom. The first-order valence-electron chi connectivity index (χ1n) is 14.0. The summed E-state index contributed by atoms with van der Waals surface area (Å²) in [6.45, 7) is 13.6. The van der Waals surface area contributed by atoms with E-state index in [-0.39, 0.29) is 18.3 Å². The van der Waals surface area contributed by atoms with Crippen LogP contribution in [0.3, 0.4) is 0 Å². The number of carbonyl (C=O) groups is 1. The molecule has 0 radical (unpaired) electrons. The number of imidazole rings is 1. The predicted octanol–water partition coefficient (Wildman–Crippen LogP) is 5.51. The fourth-order valence-corrected chi connectivity index (χ4v) is 5.86. The summed E-state index contributed by atoms with van der Waals surface area (Å²) in [5, 5.41) is 0. The molecule has 0 N–H and O–H groups in total. The van der Waals surface area contributed by atoms with E-state index in [1.54, 1.807) is 12.0 Å². The third-order valence-electron chi connectivity index (χ3n) is 7.54. The number of morpholine rings is 1. The van der Waals surface area contributed by atoms with Crippen molar-refractivity contribution < 1.29 is 19.0 Å². The molecule has 39 heavy (non-hydrogen) atoms. The molecule has 9 heteroatoms. The Bertz CT molecular complexity index is 1310. The first kappa shape index (κ1) is 27.2. The zero-order chi connectivity index (χ0) is 27.9. The molecular weight excluding hydrogens is 494 g/mol. The van der Waals surface area contributed by atoms with E-state index in [1.807, 2.05) is 52.1 Å². The van der Waals surface area contributed by atoms with E-state index in [2.05, 4.69) is 35.4 Å². The highest BCUT2D eigenvalue weighted by Crippen LogP contribution is 2.34. The first-order valence-corrected chi connectivity index (χ1v) is 14.0. The largest absolute Gasteiger partial charge is 0.494 e. The van der Waals surface area contributed by atoms with Crippen LogP contribution in [0.4, 0.5) is 10.6 Å². The third-order valence-corrected chi connectivity index (χ3v) is 7.54. The number of carbonyl (C=O) groups excluding carboxylic acids is 1. The van der Waals surface area contributed by atoms with Gasteiger partial charge in [0.05, 0.1) is 44.5 Å². The van der Waals surface area contributed by atoms with Gasteiger partial charge in [0.15, 0.2) is 0 Å². The van der Waals surface area contributed by atoms with Crippen LogP contribution in [0.1, 0.15) is 54.4 Å². The summed E-state index contributed by atoms with van der Waals surface area (Å²) in [6.07, 6.45) is 3.58. The summed E-state index contributed by atoms with van der Waals surface area (Å²) in [5.41, 5.74) is 2.10. The zero-order valence-corrected chi connectivity index (χ0v) is 24.2. The van der Waals surface area contributed by atoms with Gasteiger partial charge >= 0.3 is 6.09 Å². The minimum Gasteiger partial charge on any atom is -0.494 e.